The molecule has 1 unspecified atom stereocenters. The Morgan fingerprint density at radius 2 is 1.79 bits per heavy atom. The predicted octanol–water partition coefficient (Wildman–Crippen LogP) is 3.90. The molecule has 0 aliphatic carbocycles. The van der Waals surface area contributed by atoms with E-state index in [0.29, 0.717) is 12.6 Å². The molecule has 0 bridgehead atoms. The summed E-state index contributed by atoms with van der Waals surface area (Å²) in [7, 11) is 0. The van der Waals surface area contributed by atoms with Crippen molar-refractivity contribution in [3.8, 4) is 0 Å². The molecule has 0 saturated carbocycles. The Balaban J connectivity index is 1.67. The van der Waals surface area contributed by atoms with Crippen molar-refractivity contribution in [2.45, 2.75) is 25.0 Å². The fourth-order valence-corrected chi connectivity index (χ4v) is 3.46. The fraction of sp³-hybridized carbons (Fsp3) is 0.400. The zero-order valence-electron chi connectivity index (χ0n) is 13.8. The SMILES string of the molecule is OC[C@@H]1CCCN1CCOC(c1ccccc1)c1ccc(Cl)cc1. The highest BCUT2D eigenvalue weighted by molar-refractivity contribution is 6.30. The van der Waals surface area contributed by atoms with Crippen LogP contribution in [0.4, 0.5) is 0 Å². The first-order chi connectivity index (χ1) is 11.8. The maximum Gasteiger partial charge on any atom is 0.108 e. The van der Waals surface area contributed by atoms with Crippen LogP contribution in [0.5, 0.6) is 0 Å². The molecule has 24 heavy (non-hydrogen) atoms. The lowest BCUT2D eigenvalue weighted by Gasteiger charge is -2.25. The third kappa shape index (κ3) is 4.37. The van der Waals surface area contributed by atoms with Crippen molar-refractivity contribution in [1.29, 1.82) is 0 Å². The molecular formula is C20H24ClNO2. The van der Waals surface area contributed by atoms with E-state index in [2.05, 4.69) is 17.0 Å². The molecule has 1 aliphatic rings. The largest absolute Gasteiger partial charge is 0.395 e. The van der Waals surface area contributed by atoms with E-state index in [1.165, 1.54) is 0 Å². The first-order valence-electron chi connectivity index (χ1n) is 8.55. The second-order valence-electron chi connectivity index (χ2n) is 6.23. The van der Waals surface area contributed by atoms with Gasteiger partial charge >= 0.3 is 0 Å². The summed E-state index contributed by atoms with van der Waals surface area (Å²) in [4.78, 5) is 2.32. The summed E-state index contributed by atoms with van der Waals surface area (Å²) in [5.74, 6) is 0. The molecule has 0 radical (unpaired) electrons. The van der Waals surface area contributed by atoms with E-state index in [4.69, 9.17) is 16.3 Å². The number of hydrogen-bond acceptors (Lipinski definition) is 3. The minimum Gasteiger partial charge on any atom is -0.395 e. The molecule has 3 rings (SSSR count). The molecule has 1 fully saturated rings. The average molecular weight is 346 g/mol. The van der Waals surface area contributed by atoms with E-state index in [0.717, 1.165) is 42.1 Å². The zero-order chi connectivity index (χ0) is 16.8. The first-order valence-corrected chi connectivity index (χ1v) is 8.92. The smallest absolute Gasteiger partial charge is 0.108 e. The molecule has 128 valence electrons. The van der Waals surface area contributed by atoms with Crippen molar-refractivity contribution in [2.75, 3.05) is 26.3 Å². The summed E-state index contributed by atoms with van der Waals surface area (Å²) in [5, 5.41) is 10.2. The molecule has 2 aromatic carbocycles. The van der Waals surface area contributed by atoms with Gasteiger partial charge in [0.15, 0.2) is 0 Å². The molecule has 2 aromatic rings. The van der Waals surface area contributed by atoms with Gasteiger partial charge in [-0.3, -0.25) is 4.90 Å². The maximum atomic E-state index is 9.43. The van der Waals surface area contributed by atoms with Crippen LogP contribution in [-0.2, 0) is 4.74 Å². The van der Waals surface area contributed by atoms with Crippen molar-refractivity contribution < 1.29 is 9.84 Å². The third-order valence-electron chi connectivity index (χ3n) is 4.65. The summed E-state index contributed by atoms with van der Waals surface area (Å²) in [5.41, 5.74) is 2.24. The Morgan fingerprint density at radius 1 is 1.08 bits per heavy atom. The fourth-order valence-electron chi connectivity index (χ4n) is 3.33. The maximum absolute atomic E-state index is 9.43. The number of halogens is 1. The van der Waals surface area contributed by atoms with Gasteiger partial charge in [0.05, 0.1) is 13.2 Å². The quantitative estimate of drug-likeness (QED) is 0.826. The number of nitrogens with zero attached hydrogens (tertiary/aromatic N) is 1. The van der Waals surface area contributed by atoms with Crippen LogP contribution in [0.2, 0.25) is 5.02 Å². The van der Waals surface area contributed by atoms with Gasteiger partial charge in [-0.15, -0.1) is 0 Å². The van der Waals surface area contributed by atoms with Crippen LogP contribution in [-0.4, -0.2) is 42.4 Å². The molecule has 1 heterocycles. The third-order valence-corrected chi connectivity index (χ3v) is 4.90. The van der Waals surface area contributed by atoms with Crippen molar-refractivity contribution >= 4 is 11.6 Å². The van der Waals surface area contributed by atoms with Gasteiger partial charge in [-0.05, 0) is 42.6 Å². The van der Waals surface area contributed by atoms with E-state index in [9.17, 15) is 5.11 Å². The minimum atomic E-state index is -0.0985. The van der Waals surface area contributed by atoms with Crippen molar-refractivity contribution in [2.24, 2.45) is 0 Å². The number of rotatable bonds is 7. The van der Waals surface area contributed by atoms with Crippen molar-refractivity contribution in [3.05, 3.63) is 70.7 Å². The molecular weight excluding hydrogens is 322 g/mol. The standard InChI is InChI=1S/C20H24ClNO2/c21-18-10-8-17(9-11-18)20(16-5-2-1-3-6-16)24-14-13-22-12-4-7-19(22)15-23/h1-3,5-6,8-11,19-20,23H,4,7,12-15H2/t19-,20?/m0/s1. The summed E-state index contributed by atoms with van der Waals surface area (Å²) in [6.07, 6.45) is 2.14. The summed E-state index contributed by atoms with van der Waals surface area (Å²) >= 11 is 6.01. The Labute approximate surface area is 148 Å². The lowest BCUT2D eigenvalue weighted by atomic mass is 10.0. The van der Waals surface area contributed by atoms with Crippen LogP contribution in [0, 0.1) is 0 Å². The van der Waals surface area contributed by atoms with Crippen LogP contribution >= 0.6 is 11.6 Å². The molecule has 3 nitrogen and oxygen atoms in total. The van der Waals surface area contributed by atoms with Gasteiger partial charge in [0.1, 0.15) is 6.10 Å². The summed E-state index contributed by atoms with van der Waals surface area (Å²) in [6, 6.07) is 18.4. The van der Waals surface area contributed by atoms with E-state index < -0.39 is 0 Å². The van der Waals surface area contributed by atoms with E-state index in [1.807, 2.05) is 42.5 Å². The van der Waals surface area contributed by atoms with Crippen molar-refractivity contribution in [3.63, 3.8) is 0 Å². The lowest BCUT2D eigenvalue weighted by Crippen LogP contribution is -2.35. The minimum absolute atomic E-state index is 0.0985. The second-order valence-corrected chi connectivity index (χ2v) is 6.66. The number of benzene rings is 2. The van der Waals surface area contributed by atoms with Gasteiger partial charge in [-0.2, -0.15) is 0 Å². The number of aliphatic hydroxyl groups is 1. The number of aliphatic hydroxyl groups excluding tert-OH is 1. The highest BCUT2D eigenvalue weighted by Gasteiger charge is 2.23. The number of ether oxygens (including phenoxy) is 1. The normalized spacial score (nSPS) is 19.5. The van der Waals surface area contributed by atoms with Gasteiger partial charge in [-0.1, -0.05) is 54.1 Å². The van der Waals surface area contributed by atoms with Crippen LogP contribution in [0.1, 0.15) is 30.1 Å². The summed E-state index contributed by atoms with van der Waals surface area (Å²) < 4.78 is 6.24. The first kappa shape index (κ1) is 17.4. The van der Waals surface area contributed by atoms with Crippen LogP contribution < -0.4 is 0 Å². The van der Waals surface area contributed by atoms with Gasteiger partial charge < -0.3 is 9.84 Å². The highest BCUT2D eigenvalue weighted by Crippen LogP contribution is 2.27. The molecule has 1 aliphatic heterocycles. The molecule has 2 atom stereocenters. The van der Waals surface area contributed by atoms with Crippen LogP contribution in [0.3, 0.4) is 0 Å². The van der Waals surface area contributed by atoms with Gasteiger partial charge in [0.25, 0.3) is 0 Å². The molecule has 0 amide bonds. The predicted molar refractivity (Wildman–Crippen MR) is 97.4 cm³/mol. The van der Waals surface area contributed by atoms with Crippen molar-refractivity contribution in [1.82, 2.24) is 4.90 Å². The lowest BCUT2D eigenvalue weighted by molar-refractivity contribution is 0.0503. The molecule has 0 aromatic heterocycles. The molecule has 0 spiro atoms. The van der Waals surface area contributed by atoms with Gasteiger partial charge in [0, 0.05) is 17.6 Å². The molecule has 1 N–H and O–H groups in total. The van der Waals surface area contributed by atoms with E-state index >= 15 is 0 Å². The second kappa shape index (κ2) is 8.63. The highest BCUT2D eigenvalue weighted by atomic mass is 35.5. The van der Waals surface area contributed by atoms with Crippen LogP contribution in [0.25, 0.3) is 0 Å². The van der Waals surface area contributed by atoms with Gasteiger partial charge in [-0.25, -0.2) is 0 Å². The average Bonchev–Trinajstić information content (AvgIpc) is 3.08. The summed E-state index contributed by atoms with van der Waals surface area (Å²) in [6.45, 7) is 2.77. The number of hydrogen-bond donors (Lipinski definition) is 1. The molecule has 4 heteroatoms. The van der Waals surface area contributed by atoms with Crippen LogP contribution in [0.15, 0.2) is 54.6 Å². The Kier molecular flexibility index (Phi) is 6.27. The Hall–Kier alpha value is -1.39. The topological polar surface area (TPSA) is 32.7 Å². The number of likely N-dealkylation sites (tertiary alicyclic amines) is 1. The Morgan fingerprint density at radius 3 is 2.50 bits per heavy atom. The van der Waals surface area contributed by atoms with E-state index in [1.54, 1.807) is 0 Å². The van der Waals surface area contributed by atoms with E-state index in [-0.39, 0.29) is 12.7 Å². The molecule has 1 saturated heterocycles. The monoisotopic (exact) mass is 345 g/mol. The Bertz CT molecular complexity index is 617. The van der Waals surface area contributed by atoms with Gasteiger partial charge in [0.2, 0.25) is 0 Å². The zero-order valence-corrected chi connectivity index (χ0v) is 14.5.